The molecule has 1 atom stereocenters. The molecular formula is C18H26N4O4S2. The predicted molar refractivity (Wildman–Crippen MR) is 106 cm³/mol. The number of morpholine rings is 1. The fourth-order valence-electron chi connectivity index (χ4n) is 3.58. The van der Waals surface area contributed by atoms with Crippen LogP contribution in [-0.2, 0) is 14.8 Å². The molecule has 8 nitrogen and oxygen atoms in total. The van der Waals surface area contributed by atoms with Gasteiger partial charge in [-0.05, 0) is 17.4 Å². The SMILES string of the molecule is CC(C)C(C#N)N1CCN(C(=O)c2sccc2S(=O)(=O)N2CCOCC2)CC1. The number of ether oxygens (including phenoxy) is 1. The Morgan fingerprint density at radius 2 is 1.82 bits per heavy atom. The Balaban J connectivity index is 1.72. The molecule has 28 heavy (non-hydrogen) atoms. The minimum atomic E-state index is -3.71. The third-order valence-electron chi connectivity index (χ3n) is 5.17. The van der Waals surface area contributed by atoms with Gasteiger partial charge in [0.05, 0.1) is 19.3 Å². The van der Waals surface area contributed by atoms with Crippen LogP contribution in [0.3, 0.4) is 0 Å². The summed E-state index contributed by atoms with van der Waals surface area (Å²) in [6.45, 7) is 7.55. The lowest BCUT2D eigenvalue weighted by atomic mass is 10.0. The molecule has 10 heteroatoms. The highest BCUT2D eigenvalue weighted by Crippen LogP contribution is 2.27. The highest BCUT2D eigenvalue weighted by molar-refractivity contribution is 7.89. The summed E-state index contributed by atoms with van der Waals surface area (Å²) in [6.07, 6.45) is 0. The Kier molecular flexibility index (Phi) is 6.73. The number of carbonyl (C=O) groups excluding carboxylic acids is 1. The monoisotopic (exact) mass is 426 g/mol. The zero-order valence-corrected chi connectivity index (χ0v) is 17.8. The van der Waals surface area contributed by atoms with E-state index in [0.29, 0.717) is 52.5 Å². The number of nitriles is 1. The van der Waals surface area contributed by atoms with Crippen molar-refractivity contribution >= 4 is 27.3 Å². The van der Waals surface area contributed by atoms with Gasteiger partial charge in [-0.2, -0.15) is 9.57 Å². The molecule has 154 valence electrons. The van der Waals surface area contributed by atoms with Gasteiger partial charge in [0, 0.05) is 39.3 Å². The van der Waals surface area contributed by atoms with Crippen molar-refractivity contribution in [2.45, 2.75) is 24.8 Å². The first-order valence-electron chi connectivity index (χ1n) is 9.44. The Hall–Kier alpha value is -1.51. The van der Waals surface area contributed by atoms with E-state index in [4.69, 9.17) is 4.74 Å². The number of hydrogen-bond donors (Lipinski definition) is 0. The second-order valence-electron chi connectivity index (χ2n) is 7.28. The fraction of sp³-hybridized carbons (Fsp3) is 0.667. The van der Waals surface area contributed by atoms with Crippen LogP contribution in [0.25, 0.3) is 0 Å². The van der Waals surface area contributed by atoms with Gasteiger partial charge < -0.3 is 9.64 Å². The molecule has 0 aliphatic carbocycles. The zero-order valence-electron chi connectivity index (χ0n) is 16.2. The quantitative estimate of drug-likeness (QED) is 0.699. The Morgan fingerprint density at radius 3 is 2.39 bits per heavy atom. The first kappa shape index (κ1) is 21.2. The number of sulfonamides is 1. The molecule has 2 aliphatic rings. The van der Waals surface area contributed by atoms with Crippen molar-refractivity contribution in [3.63, 3.8) is 0 Å². The molecule has 0 aromatic carbocycles. The van der Waals surface area contributed by atoms with Crippen LogP contribution in [-0.4, -0.2) is 87.0 Å². The summed E-state index contributed by atoms with van der Waals surface area (Å²) < 4.78 is 32.6. The van der Waals surface area contributed by atoms with Crippen LogP contribution < -0.4 is 0 Å². The lowest BCUT2D eigenvalue weighted by Gasteiger charge is -2.38. The molecule has 1 amide bonds. The second-order valence-corrected chi connectivity index (χ2v) is 10.1. The predicted octanol–water partition coefficient (Wildman–Crippen LogP) is 1.07. The zero-order chi connectivity index (χ0) is 20.3. The van der Waals surface area contributed by atoms with Crippen LogP contribution in [0.5, 0.6) is 0 Å². The van der Waals surface area contributed by atoms with Crippen molar-refractivity contribution in [1.82, 2.24) is 14.1 Å². The van der Waals surface area contributed by atoms with Gasteiger partial charge in [0.1, 0.15) is 15.8 Å². The molecule has 0 N–H and O–H groups in total. The number of piperazine rings is 1. The van der Waals surface area contributed by atoms with Gasteiger partial charge >= 0.3 is 0 Å². The summed E-state index contributed by atoms with van der Waals surface area (Å²) in [6, 6.07) is 3.68. The van der Waals surface area contributed by atoms with Gasteiger partial charge in [-0.25, -0.2) is 8.42 Å². The van der Waals surface area contributed by atoms with Gasteiger partial charge in [0.25, 0.3) is 5.91 Å². The fourth-order valence-corrected chi connectivity index (χ4v) is 6.35. The molecule has 2 saturated heterocycles. The number of thiophene rings is 1. The summed E-state index contributed by atoms with van der Waals surface area (Å²) >= 11 is 1.16. The number of carbonyl (C=O) groups is 1. The first-order chi connectivity index (χ1) is 13.4. The average molecular weight is 427 g/mol. The van der Waals surface area contributed by atoms with E-state index in [1.807, 2.05) is 13.8 Å². The average Bonchev–Trinajstić information content (AvgIpc) is 3.20. The molecule has 1 aromatic heterocycles. The van der Waals surface area contributed by atoms with E-state index in [1.165, 1.54) is 10.4 Å². The topological polar surface area (TPSA) is 93.9 Å². The molecular weight excluding hydrogens is 400 g/mol. The Bertz CT molecular complexity index is 832. The van der Waals surface area contributed by atoms with Crippen molar-refractivity contribution in [1.29, 1.82) is 5.26 Å². The van der Waals surface area contributed by atoms with E-state index >= 15 is 0 Å². The van der Waals surface area contributed by atoms with E-state index in [1.54, 1.807) is 10.3 Å². The lowest BCUT2D eigenvalue weighted by molar-refractivity contribution is 0.0577. The van der Waals surface area contributed by atoms with E-state index in [0.717, 1.165) is 11.3 Å². The molecule has 0 saturated carbocycles. The summed E-state index contributed by atoms with van der Waals surface area (Å²) in [5, 5.41) is 11.0. The second kappa shape index (κ2) is 8.88. The van der Waals surface area contributed by atoms with E-state index in [-0.39, 0.29) is 27.6 Å². The molecule has 1 unspecified atom stereocenters. The minimum Gasteiger partial charge on any atom is -0.379 e. The third-order valence-corrected chi connectivity index (χ3v) is 8.14. The van der Waals surface area contributed by atoms with Crippen LogP contribution in [0.2, 0.25) is 0 Å². The summed E-state index contributed by atoms with van der Waals surface area (Å²) in [7, 11) is -3.71. The van der Waals surface area contributed by atoms with Gasteiger partial charge in [0.15, 0.2) is 0 Å². The molecule has 3 heterocycles. The van der Waals surface area contributed by atoms with Crippen molar-refractivity contribution in [3.05, 3.63) is 16.3 Å². The van der Waals surface area contributed by atoms with Crippen LogP contribution in [0.4, 0.5) is 0 Å². The number of hydrogen-bond acceptors (Lipinski definition) is 7. The first-order valence-corrected chi connectivity index (χ1v) is 11.8. The molecule has 2 fully saturated rings. The summed E-state index contributed by atoms with van der Waals surface area (Å²) in [5.41, 5.74) is 0. The smallest absolute Gasteiger partial charge is 0.265 e. The highest BCUT2D eigenvalue weighted by Gasteiger charge is 2.34. The van der Waals surface area contributed by atoms with Crippen LogP contribution >= 0.6 is 11.3 Å². The van der Waals surface area contributed by atoms with Crippen LogP contribution in [0.1, 0.15) is 23.5 Å². The van der Waals surface area contributed by atoms with E-state index < -0.39 is 10.0 Å². The maximum Gasteiger partial charge on any atom is 0.265 e. The van der Waals surface area contributed by atoms with Crippen molar-refractivity contribution in [2.24, 2.45) is 5.92 Å². The van der Waals surface area contributed by atoms with E-state index in [2.05, 4.69) is 11.0 Å². The van der Waals surface area contributed by atoms with Gasteiger partial charge in [0.2, 0.25) is 10.0 Å². The molecule has 1 aromatic rings. The number of rotatable bonds is 5. The summed E-state index contributed by atoms with van der Waals surface area (Å²) in [4.78, 5) is 17.2. The number of amides is 1. The minimum absolute atomic E-state index is 0.0870. The van der Waals surface area contributed by atoms with Crippen LogP contribution in [0, 0.1) is 17.2 Å². The van der Waals surface area contributed by atoms with Crippen LogP contribution in [0.15, 0.2) is 16.3 Å². The molecule has 0 spiro atoms. The highest BCUT2D eigenvalue weighted by atomic mass is 32.2. The Labute approximate surface area is 170 Å². The lowest BCUT2D eigenvalue weighted by Crippen LogP contribution is -2.53. The normalized spacial score (nSPS) is 20.9. The van der Waals surface area contributed by atoms with Gasteiger partial charge in [-0.1, -0.05) is 13.8 Å². The summed E-state index contributed by atoms with van der Waals surface area (Å²) in [5.74, 6) is -0.0330. The molecule has 2 aliphatic heterocycles. The number of nitrogens with zero attached hydrogens (tertiary/aromatic N) is 4. The third kappa shape index (κ3) is 4.23. The van der Waals surface area contributed by atoms with Gasteiger partial charge in [-0.15, -0.1) is 11.3 Å². The molecule has 0 bridgehead atoms. The molecule has 3 rings (SSSR count). The van der Waals surface area contributed by atoms with Crippen molar-refractivity contribution in [3.8, 4) is 6.07 Å². The Morgan fingerprint density at radius 1 is 1.18 bits per heavy atom. The standard InChI is InChI=1S/C18H26N4O4S2/c1-14(2)15(13-19)20-4-6-21(7-5-20)18(23)17-16(3-12-27-17)28(24,25)22-8-10-26-11-9-22/h3,12,14-15H,4-11H2,1-2H3. The largest absolute Gasteiger partial charge is 0.379 e. The maximum atomic E-state index is 13.0. The van der Waals surface area contributed by atoms with Gasteiger partial charge in [-0.3, -0.25) is 9.69 Å². The molecule has 0 radical (unpaired) electrons. The maximum absolute atomic E-state index is 13.0. The van der Waals surface area contributed by atoms with E-state index in [9.17, 15) is 18.5 Å². The van der Waals surface area contributed by atoms with Crippen molar-refractivity contribution < 1.29 is 17.9 Å². The van der Waals surface area contributed by atoms with Crippen molar-refractivity contribution in [2.75, 3.05) is 52.5 Å².